The largest absolute Gasteiger partial charge is 0.392 e. The summed E-state index contributed by atoms with van der Waals surface area (Å²) in [4.78, 5) is 2.22. The third-order valence-electron chi connectivity index (χ3n) is 9.75. The van der Waals surface area contributed by atoms with Gasteiger partial charge in [0, 0.05) is 31.5 Å². The predicted octanol–water partition coefficient (Wildman–Crippen LogP) is 5.60. The third-order valence-corrected chi connectivity index (χ3v) is 9.75. The fraction of sp³-hybridized carbons (Fsp3) is 0.786. The lowest BCUT2D eigenvalue weighted by Gasteiger charge is -2.47. The average Bonchev–Trinajstić information content (AvgIpc) is 3.07. The second kappa shape index (κ2) is 9.20. The molecule has 0 amide bonds. The topological polar surface area (TPSA) is 43.7 Å². The van der Waals surface area contributed by atoms with Crippen molar-refractivity contribution in [3.63, 3.8) is 0 Å². The zero-order valence-electron chi connectivity index (χ0n) is 20.9. The summed E-state index contributed by atoms with van der Waals surface area (Å²) in [6.45, 7) is 13.8. The van der Waals surface area contributed by atoms with Gasteiger partial charge in [0.1, 0.15) is 0 Å². The average molecular weight is 464 g/mol. The van der Waals surface area contributed by atoms with Crippen LogP contribution in [-0.2, 0) is 0 Å². The summed E-state index contributed by atoms with van der Waals surface area (Å²) in [5.74, 6) is -1.53. The fourth-order valence-electron chi connectivity index (χ4n) is 7.43. The highest BCUT2D eigenvalue weighted by Gasteiger charge is 2.51. The molecule has 3 saturated carbocycles. The summed E-state index contributed by atoms with van der Waals surface area (Å²) in [5.41, 5.74) is 3.47. The number of likely N-dealkylation sites (tertiary alicyclic amines) is 1. The van der Waals surface area contributed by atoms with Gasteiger partial charge in [-0.05, 0) is 79.8 Å². The van der Waals surface area contributed by atoms with Crippen molar-refractivity contribution < 1.29 is 19.0 Å². The van der Waals surface area contributed by atoms with Crippen LogP contribution in [0.5, 0.6) is 0 Å². The molecule has 0 aromatic carbocycles. The summed E-state index contributed by atoms with van der Waals surface area (Å²) >= 11 is 0. The summed E-state index contributed by atoms with van der Waals surface area (Å²) in [5, 5.41) is 20.7. The van der Waals surface area contributed by atoms with Crippen LogP contribution in [-0.4, -0.2) is 52.9 Å². The van der Waals surface area contributed by atoms with E-state index in [2.05, 4.69) is 37.5 Å². The van der Waals surface area contributed by atoms with Gasteiger partial charge in [-0.15, -0.1) is 0 Å². The quantitative estimate of drug-likeness (QED) is 0.558. The smallest absolute Gasteiger partial charge is 0.250 e. The normalized spacial score (nSPS) is 41.9. The molecule has 0 bridgehead atoms. The van der Waals surface area contributed by atoms with Crippen molar-refractivity contribution >= 4 is 0 Å². The van der Waals surface area contributed by atoms with Crippen molar-refractivity contribution in [2.45, 2.75) is 84.4 Å². The third kappa shape index (κ3) is 4.75. The van der Waals surface area contributed by atoms with E-state index in [0.29, 0.717) is 37.3 Å². The van der Waals surface area contributed by atoms with Crippen LogP contribution in [0.25, 0.3) is 0 Å². The number of alkyl halides is 2. The highest BCUT2D eigenvalue weighted by molar-refractivity contribution is 5.39. The molecule has 4 fully saturated rings. The molecule has 5 heteroatoms. The van der Waals surface area contributed by atoms with Crippen molar-refractivity contribution in [3.05, 3.63) is 35.5 Å². The molecule has 3 aliphatic carbocycles. The molecule has 1 saturated heterocycles. The van der Waals surface area contributed by atoms with Crippen molar-refractivity contribution in [2.75, 3.05) is 19.6 Å². The standard InChI is InChI=1S/C28H43F2NO2/c1-17(14-31-15-22(16-31)28(5,29)30)23-10-11-24-20(7-6-12-27(23,24)4)8-9-21-13-25(32)19(3)26(33)18(21)2/h8-9,17,19,22-26,32-33H,2,6-7,10-16H2,1,3-5H3/b20-8+,21-9-/t17-,19?,23-,24+,25?,26?,27-/m1/s1. The van der Waals surface area contributed by atoms with E-state index in [-0.39, 0.29) is 11.3 Å². The molecule has 4 rings (SSSR count). The van der Waals surface area contributed by atoms with Crippen LogP contribution in [0.4, 0.5) is 8.78 Å². The van der Waals surface area contributed by atoms with E-state index in [1.165, 1.54) is 31.3 Å². The van der Waals surface area contributed by atoms with Crippen LogP contribution in [0.15, 0.2) is 35.5 Å². The van der Waals surface area contributed by atoms with E-state index in [0.717, 1.165) is 31.0 Å². The Labute approximate surface area is 198 Å². The number of hydrogen-bond acceptors (Lipinski definition) is 3. The minimum Gasteiger partial charge on any atom is -0.392 e. The van der Waals surface area contributed by atoms with E-state index in [1.807, 2.05) is 6.92 Å². The van der Waals surface area contributed by atoms with Crippen LogP contribution in [0.3, 0.4) is 0 Å². The molecule has 3 nitrogen and oxygen atoms in total. The first-order valence-corrected chi connectivity index (χ1v) is 13.0. The van der Waals surface area contributed by atoms with Gasteiger partial charge in [-0.1, -0.05) is 45.1 Å². The Bertz CT molecular complexity index is 809. The lowest BCUT2D eigenvalue weighted by atomic mass is 9.61. The van der Waals surface area contributed by atoms with Gasteiger partial charge in [-0.2, -0.15) is 0 Å². The van der Waals surface area contributed by atoms with E-state index < -0.39 is 24.0 Å². The summed E-state index contributed by atoms with van der Waals surface area (Å²) in [7, 11) is 0. The van der Waals surface area contributed by atoms with Gasteiger partial charge in [0.05, 0.1) is 12.2 Å². The highest BCUT2D eigenvalue weighted by atomic mass is 19.3. The van der Waals surface area contributed by atoms with Crippen LogP contribution >= 0.6 is 0 Å². The highest BCUT2D eigenvalue weighted by Crippen LogP contribution is 2.59. The van der Waals surface area contributed by atoms with Crippen LogP contribution < -0.4 is 0 Å². The first-order chi connectivity index (χ1) is 15.4. The maximum atomic E-state index is 13.5. The van der Waals surface area contributed by atoms with E-state index in [4.69, 9.17) is 0 Å². The first kappa shape index (κ1) is 25.1. The van der Waals surface area contributed by atoms with Crippen molar-refractivity contribution in [2.24, 2.45) is 35.0 Å². The van der Waals surface area contributed by atoms with E-state index in [1.54, 1.807) is 0 Å². The van der Waals surface area contributed by atoms with Gasteiger partial charge in [0.25, 0.3) is 5.92 Å². The molecule has 7 atom stereocenters. The van der Waals surface area contributed by atoms with Crippen LogP contribution in [0.1, 0.15) is 66.2 Å². The summed E-state index contributed by atoms with van der Waals surface area (Å²) in [6.07, 6.45) is 9.63. The maximum absolute atomic E-state index is 13.5. The molecule has 0 spiro atoms. The predicted molar refractivity (Wildman–Crippen MR) is 129 cm³/mol. The first-order valence-electron chi connectivity index (χ1n) is 13.0. The minimum absolute atomic E-state index is 0.178. The fourth-order valence-corrected chi connectivity index (χ4v) is 7.43. The van der Waals surface area contributed by atoms with Crippen molar-refractivity contribution in [1.29, 1.82) is 0 Å². The Morgan fingerprint density at radius 3 is 2.61 bits per heavy atom. The summed E-state index contributed by atoms with van der Waals surface area (Å²) < 4.78 is 27.1. The monoisotopic (exact) mass is 463 g/mol. The SMILES string of the molecule is C=C1/C(=C\C=C2/CCC[C@]3(C)[C@@H]([C@H](C)CN4CC(C(C)(F)F)C4)CC[C@@H]23)CC(O)C(C)C1O. The minimum atomic E-state index is -2.56. The molecule has 2 N–H and O–H groups in total. The number of rotatable bonds is 5. The lowest BCUT2D eigenvalue weighted by Crippen LogP contribution is -2.55. The number of hydrogen-bond donors (Lipinski definition) is 2. The van der Waals surface area contributed by atoms with Crippen LogP contribution in [0, 0.1) is 35.0 Å². The van der Waals surface area contributed by atoms with E-state index >= 15 is 0 Å². The second-order valence-corrected chi connectivity index (χ2v) is 12.0. The molecule has 4 aliphatic rings. The molecule has 0 aromatic heterocycles. The van der Waals surface area contributed by atoms with E-state index in [9.17, 15) is 19.0 Å². The number of fused-ring (bicyclic) bond motifs is 1. The Morgan fingerprint density at radius 1 is 1.24 bits per heavy atom. The zero-order valence-corrected chi connectivity index (χ0v) is 20.9. The molecule has 1 aliphatic heterocycles. The molecule has 0 radical (unpaired) electrons. The summed E-state index contributed by atoms with van der Waals surface area (Å²) in [6, 6.07) is 0. The van der Waals surface area contributed by atoms with Gasteiger partial charge in [0.2, 0.25) is 0 Å². The molecular weight excluding hydrogens is 420 g/mol. The van der Waals surface area contributed by atoms with Crippen LogP contribution in [0.2, 0.25) is 0 Å². The maximum Gasteiger partial charge on any atom is 0.250 e. The number of aliphatic hydroxyl groups is 2. The van der Waals surface area contributed by atoms with Gasteiger partial charge < -0.3 is 15.1 Å². The Hall–Kier alpha value is -1.04. The van der Waals surface area contributed by atoms with Gasteiger partial charge in [0.15, 0.2) is 0 Å². The molecule has 33 heavy (non-hydrogen) atoms. The number of nitrogens with zero attached hydrogens (tertiary/aromatic N) is 1. The number of allylic oxidation sites excluding steroid dienone is 3. The zero-order chi connectivity index (χ0) is 24.1. The Kier molecular flexibility index (Phi) is 6.99. The lowest BCUT2D eigenvalue weighted by molar-refractivity contribution is -0.109. The van der Waals surface area contributed by atoms with Gasteiger partial charge in [-0.25, -0.2) is 8.78 Å². The van der Waals surface area contributed by atoms with Gasteiger partial charge in [-0.3, -0.25) is 0 Å². The molecule has 1 heterocycles. The molecular formula is C28H43F2NO2. The number of halogens is 2. The molecule has 0 aromatic rings. The number of aliphatic hydroxyl groups excluding tert-OH is 2. The van der Waals surface area contributed by atoms with Gasteiger partial charge >= 0.3 is 0 Å². The Morgan fingerprint density at radius 2 is 1.94 bits per heavy atom. The van der Waals surface area contributed by atoms with Crippen molar-refractivity contribution in [3.8, 4) is 0 Å². The van der Waals surface area contributed by atoms with Crippen molar-refractivity contribution in [1.82, 2.24) is 4.90 Å². The molecule has 186 valence electrons. The Balaban J connectivity index is 1.43. The molecule has 3 unspecified atom stereocenters. The second-order valence-electron chi connectivity index (χ2n) is 12.0.